The number of hydrogen-bond acceptors (Lipinski definition) is 3. The van der Waals surface area contributed by atoms with E-state index in [2.05, 4.69) is 41.4 Å². The summed E-state index contributed by atoms with van der Waals surface area (Å²) in [4.78, 5) is 4.44. The van der Waals surface area contributed by atoms with Crippen LogP contribution in [-0.4, -0.2) is 14.8 Å². The van der Waals surface area contributed by atoms with E-state index in [9.17, 15) is 0 Å². The topological polar surface area (TPSA) is 42.7 Å². The van der Waals surface area contributed by atoms with Gasteiger partial charge in [-0.15, -0.1) is 0 Å². The van der Waals surface area contributed by atoms with Crippen LogP contribution >= 0.6 is 0 Å². The molecule has 2 rings (SSSR count). The molecule has 0 fully saturated rings. The van der Waals surface area contributed by atoms with Gasteiger partial charge in [-0.3, -0.25) is 9.67 Å². The largest absolute Gasteiger partial charge is 0.306 e. The second-order valence-corrected chi connectivity index (χ2v) is 4.66. The summed E-state index contributed by atoms with van der Waals surface area (Å²) >= 11 is 0. The van der Waals surface area contributed by atoms with Crippen molar-refractivity contribution in [1.29, 1.82) is 0 Å². The van der Waals surface area contributed by atoms with E-state index in [0.717, 1.165) is 37.4 Å². The quantitative estimate of drug-likeness (QED) is 0.865. The van der Waals surface area contributed by atoms with Crippen molar-refractivity contribution in [1.82, 2.24) is 20.1 Å². The maximum atomic E-state index is 4.45. The lowest BCUT2D eigenvalue weighted by molar-refractivity contribution is 0.575. The van der Waals surface area contributed by atoms with E-state index in [1.807, 2.05) is 23.9 Å². The average Bonchev–Trinajstić information content (AvgIpc) is 2.79. The van der Waals surface area contributed by atoms with Gasteiger partial charge in [-0.25, -0.2) is 0 Å². The van der Waals surface area contributed by atoms with Crippen molar-refractivity contribution in [2.45, 2.75) is 46.8 Å². The SMILES string of the molecule is CCc1cccnc1CNCc1cc(C)nn1CC. The van der Waals surface area contributed by atoms with Crippen molar-refractivity contribution in [3.63, 3.8) is 0 Å². The van der Waals surface area contributed by atoms with Gasteiger partial charge in [0.25, 0.3) is 0 Å². The fraction of sp³-hybridized carbons (Fsp3) is 0.467. The predicted molar refractivity (Wildman–Crippen MR) is 76.8 cm³/mol. The van der Waals surface area contributed by atoms with Gasteiger partial charge in [0.05, 0.1) is 17.1 Å². The average molecular weight is 258 g/mol. The number of hydrogen-bond donors (Lipinski definition) is 1. The predicted octanol–water partition coefficient (Wildman–Crippen LogP) is 2.46. The molecule has 0 saturated heterocycles. The van der Waals surface area contributed by atoms with Crippen LogP contribution in [-0.2, 0) is 26.1 Å². The van der Waals surface area contributed by atoms with E-state index in [4.69, 9.17) is 0 Å². The Morgan fingerprint density at radius 2 is 2.11 bits per heavy atom. The second kappa shape index (κ2) is 6.48. The third kappa shape index (κ3) is 3.41. The van der Waals surface area contributed by atoms with Crippen LogP contribution < -0.4 is 5.32 Å². The number of nitrogens with zero attached hydrogens (tertiary/aromatic N) is 3. The first-order valence-electron chi connectivity index (χ1n) is 6.91. The highest BCUT2D eigenvalue weighted by molar-refractivity contribution is 5.19. The van der Waals surface area contributed by atoms with Gasteiger partial charge in [0, 0.05) is 25.8 Å². The van der Waals surface area contributed by atoms with Crippen molar-refractivity contribution >= 4 is 0 Å². The van der Waals surface area contributed by atoms with Crippen molar-refractivity contribution in [2.75, 3.05) is 0 Å². The number of rotatable bonds is 6. The van der Waals surface area contributed by atoms with Crippen LogP contribution in [0.15, 0.2) is 24.4 Å². The fourth-order valence-electron chi connectivity index (χ4n) is 2.28. The Morgan fingerprint density at radius 1 is 1.26 bits per heavy atom. The Bertz CT molecular complexity index is 531. The molecule has 0 radical (unpaired) electrons. The molecule has 4 heteroatoms. The van der Waals surface area contributed by atoms with Crippen LogP contribution in [0.3, 0.4) is 0 Å². The minimum absolute atomic E-state index is 0.804. The molecule has 2 heterocycles. The first-order chi connectivity index (χ1) is 9.24. The molecule has 2 aromatic rings. The van der Waals surface area contributed by atoms with E-state index in [-0.39, 0.29) is 0 Å². The molecular formula is C15H22N4. The molecule has 2 aromatic heterocycles. The first kappa shape index (κ1) is 13.7. The highest BCUT2D eigenvalue weighted by Gasteiger charge is 2.05. The summed E-state index contributed by atoms with van der Waals surface area (Å²) < 4.78 is 2.04. The summed E-state index contributed by atoms with van der Waals surface area (Å²) in [5, 5.41) is 7.91. The molecule has 0 aliphatic rings. The molecule has 19 heavy (non-hydrogen) atoms. The Kier molecular flexibility index (Phi) is 4.68. The summed E-state index contributed by atoms with van der Waals surface area (Å²) in [5.41, 5.74) is 4.76. The van der Waals surface area contributed by atoms with Crippen LogP contribution in [0.5, 0.6) is 0 Å². The highest BCUT2D eigenvalue weighted by Crippen LogP contribution is 2.07. The van der Waals surface area contributed by atoms with Gasteiger partial charge in [0.15, 0.2) is 0 Å². The van der Waals surface area contributed by atoms with Gasteiger partial charge in [-0.1, -0.05) is 13.0 Å². The maximum absolute atomic E-state index is 4.45. The standard InChI is InChI=1S/C15H22N4/c1-4-13-7-6-8-17-15(13)11-16-10-14-9-12(3)18-19(14)5-2/h6-9,16H,4-5,10-11H2,1-3H3. The van der Waals surface area contributed by atoms with Gasteiger partial charge in [-0.05, 0) is 38.0 Å². The summed E-state index contributed by atoms with van der Waals surface area (Å²) in [5.74, 6) is 0. The molecule has 0 saturated carbocycles. The Morgan fingerprint density at radius 3 is 2.84 bits per heavy atom. The first-order valence-corrected chi connectivity index (χ1v) is 6.91. The summed E-state index contributed by atoms with van der Waals surface area (Å²) in [7, 11) is 0. The third-order valence-corrected chi connectivity index (χ3v) is 3.25. The lowest BCUT2D eigenvalue weighted by Gasteiger charge is -2.09. The number of aryl methyl sites for hydroxylation is 3. The van der Waals surface area contributed by atoms with Crippen LogP contribution in [0, 0.1) is 6.92 Å². The zero-order valence-electron chi connectivity index (χ0n) is 12.0. The lowest BCUT2D eigenvalue weighted by atomic mass is 10.1. The molecule has 0 spiro atoms. The van der Waals surface area contributed by atoms with Gasteiger partial charge in [-0.2, -0.15) is 5.10 Å². The van der Waals surface area contributed by atoms with Crippen LogP contribution in [0.4, 0.5) is 0 Å². The van der Waals surface area contributed by atoms with Gasteiger partial charge in [0.2, 0.25) is 0 Å². The monoisotopic (exact) mass is 258 g/mol. The number of pyridine rings is 1. The molecule has 102 valence electrons. The fourth-order valence-corrected chi connectivity index (χ4v) is 2.28. The summed E-state index contributed by atoms with van der Waals surface area (Å²) in [6.07, 6.45) is 2.88. The molecule has 0 bridgehead atoms. The minimum Gasteiger partial charge on any atom is -0.306 e. The molecule has 0 aliphatic heterocycles. The molecule has 0 aliphatic carbocycles. The lowest BCUT2D eigenvalue weighted by Crippen LogP contribution is -2.17. The molecule has 0 unspecified atom stereocenters. The highest BCUT2D eigenvalue weighted by atomic mass is 15.3. The number of nitrogens with one attached hydrogen (secondary N) is 1. The third-order valence-electron chi connectivity index (χ3n) is 3.25. The summed E-state index contributed by atoms with van der Waals surface area (Å²) in [6.45, 7) is 8.85. The molecule has 0 atom stereocenters. The normalized spacial score (nSPS) is 10.9. The minimum atomic E-state index is 0.804. The van der Waals surface area contributed by atoms with Gasteiger partial charge in [0.1, 0.15) is 0 Å². The zero-order valence-corrected chi connectivity index (χ0v) is 12.0. The van der Waals surface area contributed by atoms with Crippen molar-refractivity contribution < 1.29 is 0 Å². The number of aromatic nitrogens is 3. The maximum Gasteiger partial charge on any atom is 0.0597 e. The Balaban J connectivity index is 1.96. The van der Waals surface area contributed by atoms with Crippen LogP contribution in [0.25, 0.3) is 0 Å². The van der Waals surface area contributed by atoms with E-state index < -0.39 is 0 Å². The second-order valence-electron chi connectivity index (χ2n) is 4.66. The van der Waals surface area contributed by atoms with Gasteiger partial charge >= 0.3 is 0 Å². The summed E-state index contributed by atoms with van der Waals surface area (Å²) in [6, 6.07) is 6.28. The smallest absolute Gasteiger partial charge is 0.0597 e. The Hall–Kier alpha value is -1.68. The van der Waals surface area contributed by atoms with Crippen molar-refractivity contribution in [2.24, 2.45) is 0 Å². The zero-order chi connectivity index (χ0) is 13.7. The van der Waals surface area contributed by atoms with E-state index >= 15 is 0 Å². The molecule has 0 aromatic carbocycles. The molecular weight excluding hydrogens is 236 g/mol. The van der Waals surface area contributed by atoms with E-state index in [1.165, 1.54) is 11.3 Å². The molecule has 1 N–H and O–H groups in total. The molecule has 4 nitrogen and oxygen atoms in total. The molecule has 0 amide bonds. The van der Waals surface area contributed by atoms with Crippen LogP contribution in [0.2, 0.25) is 0 Å². The van der Waals surface area contributed by atoms with Crippen LogP contribution in [0.1, 0.15) is 36.5 Å². The van der Waals surface area contributed by atoms with Crippen molar-refractivity contribution in [3.8, 4) is 0 Å². The van der Waals surface area contributed by atoms with Crippen molar-refractivity contribution in [3.05, 3.63) is 47.0 Å². The Labute approximate surface area is 114 Å². The van der Waals surface area contributed by atoms with E-state index in [0.29, 0.717) is 0 Å². The van der Waals surface area contributed by atoms with Gasteiger partial charge < -0.3 is 5.32 Å². The van der Waals surface area contributed by atoms with E-state index in [1.54, 1.807) is 0 Å².